The summed E-state index contributed by atoms with van der Waals surface area (Å²) < 4.78 is 8.36. The van der Waals surface area contributed by atoms with E-state index in [0.29, 0.717) is 17.1 Å². The quantitative estimate of drug-likeness (QED) is 0.616. The summed E-state index contributed by atoms with van der Waals surface area (Å²) in [5, 5.41) is 9.06. The first kappa shape index (κ1) is 13.6. The van der Waals surface area contributed by atoms with Crippen molar-refractivity contribution in [3.63, 3.8) is 0 Å². The first-order valence-electron chi connectivity index (χ1n) is 4.92. The Kier molecular flexibility index (Phi) is 4.44. The van der Waals surface area contributed by atoms with Gasteiger partial charge in [0.1, 0.15) is 17.6 Å². The topological polar surface area (TPSA) is 33.0 Å². The summed E-state index contributed by atoms with van der Waals surface area (Å²) >= 11 is 10.1. The lowest BCUT2D eigenvalue weighted by molar-refractivity contribution is 0.478. The van der Waals surface area contributed by atoms with Crippen LogP contribution in [0.1, 0.15) is 5.56 Å². The van der Waals surface area contributed by atoms with Crippen molar-refractivity contribution >= 4 is 47.8 Å². The van der Waals surface area contributed by atoms with Gasteiger partial charge in [-0.3, -0.25) is 0 Å². The minimum atomic E-state index is 0.485. The van der Waals surface area contributed by atoms with E-state index in [2.05, 4.69) is 53.9 Å². The Morgan fingerprint density at radius 3 is 2.11 bits per heavy atom. The third-order valence-corrected chi connectivity index (χ3v) is 3.78. The molecule has 0 heterocycles. The summed E-state index contributed by atoms with van der Waals surface area (Å²) in [5.74, 6) is 1.20. The molecule has 0 radical (unpaired) electrons. The van der Waals surface area contributed by atoms with Crippen LogP contribution >= 0.6 is 47.8 Å². The fourth-order valence-corrected chi connectivity index (χ4v) is 2.84. The standard InChI is InChI=1S/C13H6Br3NO/c14-9-1-3-12(8(5-9)7-17)18-13-4-2-10(15)6-11(13)16/h1-6H. The Hall–Kier alpha value is -0.830. The van der Waals surface area contributed by atoms with Gasteiger partial charge in [0.05, 0.1) is 10.0 Å². The smallest absolute Gasteiger partial charge is 0.145 e. The molecule has 0 bridgehead atoms. The Balaban J connectivity index is 2.37. The lowest BCUT2D eigenvalue weighted by Gasteiger charge is -2.09. The highest BCUT2D eigenvalue weighted by molar-refractivity contribution is 9.11. The molecule has 90 valence electrons. The lowest BCUT2D eigenvalue weighted by atomic mass is 10.2. The molecule has 2 rings (SSSR count). The van der Waals surface area contributed by atoms with Crippen molar-refractivity contribution in [1.82, 2.24) is 0 Å². The van der Waals surface area contributed by atoms with Gasteiger partial charge in [-0.2, -0.15) is 5.26 Å². The fraction of sp³-hybridized carbons (Fsp3) is 0. The molecule has 18 heavy (non-hydrogen) atoms. The molecule has 5 heteroatoms. The average molecular weight is 432 g/mol. The first-order valence-corrected chi connectivity index (χ1v) is 7.30. The van der Waals surface area contributed by atoms with E-state index >= 15 is 0 Å². The van der Waals surface area contributed by atoms with Crippen molar-refractivity contribution in [3.8, 4) is 17.6 Å². The SMILES string of the molecule is N#Cc1cc(Br)ccc1Oc1ccc(Br)cc1Br. The van der Waals surface area contributed by atoms with Crippen LogP contribution < -0.4 is 4.74 Å². The third-order valence-electron chi connectivity index (χ3n) is 2.18. The lowest BCUT2D eigenvalue weighted by Crippen LogP contribution is -1.89. The van der Waals surface area contributed by atoms with Crippen molar-refractivity contribution in [2.45, 2.75) is 0 Å². The van der Waals surface area contributed by atoms with E-state index in [1.807, 2.05) is 24.3 Å². The molecule has 0 saturated heterocycles. The summed E-state index contributed by atoms with van der Waals surface area (Å²) in [6.45, 7) is 0. The van der Waals surface area contributed by atoms with Crippen molar-refractivity contribution in [1.29, 1.82) is 5.26 Å². The Labute approximate surface area is 130 Å². The summed E-state index contributed by atoms with van der Waals surface area (Å²) in [4.78, 5) is 0. The molecular weight excluding hydrogens is 426 g/mol. The van der Waals surface area contributed by atoms with Crippen LogP contribution in [0.4, 0.5) is 0 Å². The highest BCUT2D eigenvalue weighted by Gasteiger charge is 2.08. The molecular formula is C13H6Br3NO. The summed E-state index contributed by atoms with van der Waals surface area (Å²) in [7, 11) is 0. The van der Waals surface area contributed by atoms with E-state index in [-0.39, 0.29) is 0 Å². The van der Waals surface area contributed by atoms with Gasteiger partial charge in [-0.25, -0.2) is 0 Å². The van der Waals surface area contributed by atoms with E-state index in [0.717, 1.165) is 13.4 Å². The van der Waals surface area contributed by atoms with Gasteiger partial charge in [0.15, 0.2) is 0 Å². The molecule has 0 atom stereocenters. The largest absolute Gasteiger partial charge is 0.455 e. The highest BCUT2D eigenvalue weighted by atomic mass is 79.9. The molecule has 0 amide bonds. The van der Waals surface area contributed by atoms with Crippen LogP contribution in [0.5, 0.6) is 11.5 Å². The number of rotatable bonds is 2. The maximum Gasteiger partial charge on any atom is 0.145 e. The fourth-order valence-electron chi connectivity index (χ4n) is 1.36. The van der Waals surface area contributed by atoms with Crippen LogP contribution in [0.15, 0.2) is 49.8 Å². The van der Waals surface area contributed by atoms with Gasteiger partial charge in [-0.05, 0) is 52.3 Å². The maximum absolute atomic E-state index is 9.06. The Morgan fingerprint density at radius 1 is 0.889 bits per heavy atom. The van der Waals surface area contributed by atoms with E-state index in [1.54, 1.807) is 12.1 Å². The van der Waals surface area contributed by atoms with E-state index in [4.69, 9.17) is 10.00 Å². The molecule has 0 unspecified atom stereocenters. The minimum absolute atomic E-state index is 0.485. The van der Waals surface area contributed by atoms with Gasteiger partial charge in [0.25, 0.3) is 0 Å². The molecule has 0 aromatic heterocycles. The van der Waals surface area contributed by atoms with E-state index < -0.39 is 0 Å². The zero-order valence-electron chi connectivity index (χ0n) is 8.95. The molecule has 0 saturated carbocycles. The molecule has 0 fully saturated rings. The van der Waals surface area contributed by atoms with Gasteiger partial charge >= 0.3 is 0 Å². The van der Waals surface area contributed by atoms with Crippen LogP contribution in [0.25, 0.3) is 0 Å². The van der Waals surface area contributed by atoms with Crippen molar-refractivity contribution in [3.05, 3.63) is 55.4 Å². The first-order chi connectivity index (χ1) is 8.60. The van der Waals surface area contributed by atoms with Crippen molar-refractivity contribution in [2.24, 2.45) is 0 Å². The van der Waals surface area contributed by atoms with Gasteiger partial charge in [0, 0.05) is 8.95 Å². The molecule has 0 N–H and O–H groups in total. The summed E-state index contributed by atoms with van der Waals surface area (Å²) in [6, 6.07) is 13.0. The molecule has 0 aliphatic rings. The predicted octanol–water partition coefficient (Wildman–Crippen LogP) is 5.64. The second-order valence-electron chi connectivity index (χ2n) is 3.43. The molecule has 2 aromatic rings. The Bertz CT molecular complexity index is 635. The van der Waals surface area contributed by atoms with E-state index in [1.165, 1.54) is 0 Å². The highest BCUT2D eigenvalue weighted by Crippen LogP contribution is 2.34. The van der Waals surface area contributed by atoms with E-state index in [9.17, 15) is 0 Å². The zero-order chi connectivity index (χ0) is 13.1. The normalized spacial score (nSPS) is 9.89. The third kappa shape index (κ3) is 3.14. The minimum Gasteiger partial charge on any atom is -0.455 e. The molecule has 0 aliphatic carbocycles. The second-order valence-corrected chi connectivity index (χ2v) is 6.11. The number of halogens is 3. The number of hydrogen-bond donors (Lipinski definition) is 0. The van der Waals surface area contributed by atoms with Crippen LogP contribution in [-0.2, 0) is 0 Å². The molecule has 0 aliphatic heterocycles. The van der Waals surface area contributed by atoms with Crippen LogP contribution in [0.3, 0.4) is 0 Å². The molecule has 0 spiro atoms. The van der Waals surface area contributed by atoms with Gasteiger partial charge < -0.3 is 4.74 Å². The number of ether oxygens (including phenoxy) is 1. The van der Waals surface area contributed by atoms with Crippen LogP contribution in [-0.4, -0.2) is 0 Å². The predicted molar refractivity (Wildman–Crippen MR) is 80.8 cm³/mol. The number of benzene rings is 2. The summed E-state index contributed by atoms with van der Waals surface area (Å²) in [6.07, 6.45) is 0. The van der Waals surface area contributed by atoms with Gasteiger partial charge in [0.2, 0.25) is 0 Å². The average Bonchev–Trinajstić information content (AvgIpc) is 2.34. The van der Waals surface area contributed by atoms with Crippen molar-refractivity contribution in [2.75, 3.05) is 0 Å². The monoisotopic (exact) mass is 429 g/mol. The second kappa shape index (κ2) is 5.87. The Morgan fingerprint density at radius 2 is 1.50 bits per heavy atom. The van der Waals surface area contributed by atoms with Crippen LogP contribution in [0.2, 0.25) is 0 Å². The van der Waals surface area contributed by atoms with Crippen LogP contribution in [0, 0.1) is 11.3 Å². The van der Waals surface area contributed by atoms with Gasteiger partial charge in [-0.1, -0.05) is 31.9 Å². The number of hydrogen-bond acceptors (Lipinski definition) is 2. The van der Waals surface area contributed by atoms with Crippen molar-refractivity contribution < 1.29 is 4.74 Å². The molecule has 2 nitrogen and oxygen atoms in total. The summed E-state index contributed by atoms with van der Waals surface area (Å²) in [5.41, 5.74) is 0.485. The van der Waals surface area contributed by atoms with Gasteiger partial charge in [-0.15, -0.1) is 0 Å². The maximum atomic E-state index is 9.06. The zero-order valence-corrected chi connectivity index (χ0v) is 13.7. The number of nitriles is 1. The molecule has 2 aromatic carbocycles. The number of nitrogens with zero attached hydrogens (tertiary/aromatic N) is 1.